The number of nitrogens with zero attached hydrogens (tertiary/aromatic N) is 2. The first-order chi connectivity index (χ1) is 12.5. The van der Waals surface area contributed by atoms with E-state index in [1.807, 2.05) is 38.1 Å². The minimum absolute atomic E-state index is 0.175. The van der Waals surface area contributed by atoms with E-state index in [0.717, 1.165) is 17.7 Å². The third kappa shape index (κ3) is 6.64. The molecule has 0 aliphatic carbocycles. The summed E-state index contributed by atoms with van der Waals surface area (Å²) in [7, 11) is 0. The van der Waals surface area contributed by atoms with Gasteiger partial charge in [-0.15, -0.1) is 10.2 Å². The van der Waals surface area contributed by atoms with Crippen LogP contribution in [0, 0.1) is 6.92 Å². The number of nitrogens with one attached hydrogen (secondary N) is 3. The second kappa shape index (κ2) is 10.1. The second-order valence-corrected chi connectivity index (χ2v) is 7.94. The van der Waals surface area contributed by atoms with Gasteiger partial charge in [-0.25, -0.2) is 0 Å². The van der Waals surface area contributed by atoms with Crippen molar-refractivity contribution in [3.8, 4) is 0 Å². The van der Waals surface area contributed by atoms with Crippen molar-refractivity contribution in [1.82, 2.24) is 20.8 Å². The Hall–Kier alpha value is -2.13. The Morgan fingerprint density at radius 1 is 1.31 bits per heavy atom. The van der Waals surface area contributed by atoms with Crippen LogP contribution in [0.3, 0.4) is 0 Å². The maximum absolute atomic E-state index is 12.0. The monoisotopic (exact) mass is 393 g/mol. The number of anilines is 2. The molecule has 1 aromatic heterocycles. The van der Waals surface area contributed by atoms with Gasteiger partial charge in [-0.05, 0) is 38.0 Å². The molecule has 2 rings (SSSR count). The summed E-state index contributed by atoms with van der Waals surface area (Å²) in [6, 6.07) is 7.42. The van der Waals surface area contributed by atoms with Crippen molar-refractivity contribution in [2.45, 2.75) is 37.6 Å². The molecule has 7 nitrogen and oxygen atoms in total. The fourth-order valence-corrected chi connectivity index (χ4v) is 3.63. The summed E-state index contributed by atoms with van der Waals surface area (Å²) < 4.78 is 0.693. The highest BCUT2D eigenvalue weighted by Gasteiger charge is 2.15. The van der Waals surface area contributed by atoms with Gasteiger partial charge in [0.2, 0.25) is 16.9 Å². The van der Waals surface area contributed by atoms with Crippen LogP contribution in [-0.2, 0) is 9.59 Å². The molecule has 26 heavy (non-hydrogen) atoms. The first-order valence-corrected chi connectivity index (χ1v) is 10.1. The Labute approximate surface area is 161 Å². The number of hydrogen-bond acceptors (Lipinski definition) is 7. The van der Waals surface area contributed by atoms with Crippen LogP contribution in [0.25, 0.3) is 0 Å². The maximum atomic E-state index is 12.0. The van der Waals surface area contributed by atoms with Crippen molar-refractivity contribution in [3.63, 3.8) is 0 Å². The van der Waals surface area contributed by atoms with Gasteiger partial charge in [0.1, 0.15) is 6.04 Å². The van der Waals surface area contributed by atoms with E-state index >= 15 is 0 Å². The number of carbonyl (C=O) groups excluding carboxylic acids is 2. The number of carbonyl (C=O) groups is 2. The van der Waals surface area contributed by atoms with Gasteiger partial charge in [-0.1, -0.05) is 42.2 Å². The average molecular weight is 394 g/mol. The van der Waals surface area contributed by atoms with Gasteiger partial charge in [-0.2, -0.15) is 0 Å². The van der Waals surface area contributed by atoms with Gasteiger partial charge in [0.15, 0.2) is 4.34 Å². The van der Waals surface area contributed by atoms with E-state index in [1.165, 1.54) is 23.1 Å². The molecule has 1 aromatic carbocycles. The molecule has 9 heteroatoms. The van der Waals surface area contributed by atoms with Gasteiger partial charge in [-0.3, -0.25) is 9.59 Å². The molecule has 0 saturated heterocycles. The number of hydrogen-bond donors (Lipinski definition) is 3. The molecule has 0 unspecified atom stereocenters. The highest BCUT2D eigenvalue weighted by molar-refractivity contribution is 8.01. The van der Waals surface area contributed by atoms with Gasteiger partial charge < -0.3 is 16.0 Å². The number of benzene rings is 1. The molecule has 0 spiro atoms. The summed E-state index contributed by atoms with van der Waals surface area (Å²) in [5.74, 6) is -0.201. The zero-order chi connectivity index (χ0) is 18.9. The normalized spacial score (nSPS) is 11.7. The van der Waals surface area contributed by atoms with Gasteiger partial charge in [0.05, 0.1) is 5.75 Å². The average Bonchev–Trinajstić information content (AvgIpc) is 3.05. The molecular formula is C17H23N5O2S2. The standard InChI is InChI=1S/C17H23N5O2S2/c1-4-8-18-15(24)12(3)19-14(23)10-25-17-22-21-16(26-17)20-13-7-5-6-11(2)9-13/h5-7,9,12H,4,8,10H2,1-3H3,(H,18,24)(H,19,23)(H,20,21)/t12-/m1/s1. The predicted molar refractivity (Wildman–Crippen MR) is 106 cm³/mol. The zero-order valence-electron chi connectivity index (χ0n) is 15.0. The Balaban J connectivity index is 1.78. The number of aromatic nitrogens is 2. The molecular weight excluding hydrogens is 370 g/mol. The predicted octanol–water partition coefficient (Wildman–Crippen LogP) is 2.71. The van der Waals surface area contributed by atoms with Crippen LogP contribution in [0.5, 0.6) is 0 Å². The maximum Gasteiger partial charge on any atom is 0.242 e. The molecule has 0 aliphatic heterocycles. The Bertz CT molecular complexity index is 750. The van der Waals surface area contributed by atoms with Gasteiger partial charge in [0, 0.05) is 12.2 Å². The SMILES string of the molecule is CCCNC(=O)[C@@H](C)NC(=O)CSc1nnc(Nc2cccc(C)c2)s1. The molecule has 1 heterocycles. The van der Waals surface area contributed by atoms with E-state index in [4.69, 9.17) is 0 Å². The smallest absolute Gasteiger partial charge is 0.242 e. The molecule has 2 amide bonds. The summed E-state index contributed by atoms with van der Waals surface area (Å²) >= 11 is 2.68. The highest BCUT2D eigenvalue weighted by Crippen LogP contribution is 2.27. The quantitative estimate of drug-likeness (QED) is 0.567. The number of rotatable bonds is 9. The lowest BCUT2D eigenvalue weighted by Gasteiger charge is -2.13. The van der Waals surface area contributed by atoms with Crippen molar-refractivity contribution in [2.75, 3.05) is 17.6 Å². The molecule has 3 N–H and O–H groups in total. The van der Waals surface area contributed by atoms with Crippen molar-refractivity contribution >= 4 is 45.7 Å². The lowest BCUT2D eigenvalue weighted by atomic mass is 10.2. The van der Waals surface area contributed by atoms with E-state index in [0.29, 0.717) is 16.0 Å². The largest absolute Gasteiger partial charge is 0.354 e. The van der Waals surface area contributed by atoms with Crippen LogP contribution in [0.1, 0.15) is 25.8 Å². The molecule has 0 bridgehead atoms. The Kier molecular flexibility index (Phi) is 7.86. The van der Waals surface area contributed by atoms with Crippen LogP contribution in [0.2, 0.25) is 0 Å². The summed E-state index contributed by atoms with van der Waals surface area (Å²) in [6.45, 7) is 6.27. The molecule has 0 fully saturated rings. The third-order valence-electron chi connectivity index (χ3n) is 3.32. The summed E-state index contributed by atoms with van der Waals surface area (Å²) in [4.78, 5) is 23.7. The van der Waals surface area contributed by atoms with Gasteiger partial charge in [0.25, 0.3) is 0 Å². The zero-order valence-corrected chi connectivity index (χ0v) is 16.7. The molecule has 1 atom stereocenters. The van der Waals surface area contributed by atoms with Crippen LogP contribution < -0.4 is 16.0 Å². The number of thioether (sulfide) groups is 1. The lowest BCUT2D eigenvalue weighted by molar-refractivity contribution is -0.127. The van der Waals surface area contributed by atoms with Crippen molar-refractivity contribution < 1.29 is 9.59 Å². The Morgan fingerprint density at radius 2 is 2.12 bits per heavy atom. The van der Waals surface area contributed by atoms with Crippen LogP contribution in [-0.4, -0.2) is 40.4 Å². The van der Waals surface area contributed by atoms with E-state index in [2.05, 4.69) is 26.1 Å². The second-order valence-electron chi connectivity index (χ2n) is 5.74. The summed E-state index contributed by atoms with van der Waals surface area (Å²) in [5, 5.41) is 17.5. The topological polar surface area (TPSA) is 96.0 Å². The molecule has 0 radical (unpaired) electrons. The van der Waals surface area contributed by atoms with Crippen molar-refractivity contribution in [1.29, 1.82) is 0 Å². The molecule has 140 valence electrons. The fraction of sp³-hybridized carbons (Fsp3) is 0.412. The first-order valence-electron chi connectivity index (χ1n) is 8.35. The molecule has 0 saturated carbocycles. The van der Waals surface area contributed by atoms with Crippen molar-refractivity contribution in [2.24, 2.45) is 0 Å². The minimum atomic E-state index is -0.553. The van der Waals surface area contributed by atoms with E-state index in [9.17, 15) is 9.59 Å². The Morgan fingerprint density at radius 3 is 2.85 bits per heavy atom. The minimum Gasteiger partial charge on any atom is -0.354 e. The number of amides is 2. The van der Waals surface area contributed by atoms with E-state index in [-0.39, 0.29) is 17.6 Å². The van der Waals surface area contributed by atoms with E-state index in [1.54, 1.807) is 6.92 Å². The van der Waals surface area contributed by atoms with Crippen LogP contribution in [0.15, 0.2) is 28.6 Å². The van der Waals surface area contributed by atoms with Crippen LogP contribution in [0.4, 0.5) is 10.8 Å². The third-order valence-corrected chi connectivity index (χ3v) is 5.29. The molecule has 2 aromatic rings. The fourth-order valence-electron chi connectivity index (χ4n) is 2.04. The summed E-state index contributed by atoms with van der Waals surface area (Å²) in [5.41, 5.74) is 2.10. The van der Waals surface area contributed by atoms with Gasteiger partial charge >= 0.3 is 0 Å². The van der Waals surface area contributed by atoms with E-state index < -0.39 is 6.04 Å². The highest BCUT2D eigenvalue weighted by atomic mass is 32.2. The summed E-state index contributed by atoms with van der Waals surface area (Å²) in [6.07, 6.45) is 0.859. The first kappa shape index (κ1) is 20.2. The number of aryl methyl sites for hydroxylation is 1. The van der Waals surface area contributed by atoms with Crippen LogP contribution >= 0.6 is 23.1 Å². The van der Waals surface area contributed by atoms with Crippen molar-refractivity contribution in [3.05, 3.63) is 29.8 Å². The lowest BCUT2D eigenvalue weighted by Crippen LogP contribution is -2.45. The molecule has 0 aliphatic rings.